The average molecular weight is 338 g/mol. The third kappa shape index (κ3) is 3.60. The molecule has 2 heterocycles. The first-order valence-electron chi connectivity index (χ1n) is 8.31. The molecule has 1 aromatic rings. The first-order valence-corrected chi connectivity index (χ1v) is 9.19. The molecule has 1 saturated heterocycles. The lowest BCUT2D eigenvalue weighted by Gasteiger charge is -2.39. The summed E-state index contributed by atoms with van der Waals surface area (Å²) in [6.07, 6.45) is 2.07. The highest BCUT2D eigenvalue weighted by molar-refractivity contribution is 7.12. The van der Waals surface area contributed by atoms with E-state index in [-0.39, 0.29) is 24.2 Å². The second kappa shape index (κ2) is 7.30. The molecular formula is C17H26N2O3S. The third-order valence-corrected chi connectivity index (χ3v) is 5.73. The van der Waals surface area contributed by atoms with Crippen LogP contribution in [0.15, 0.2) is 11.4 Å². The minimum absolute atomic E-state index is 0.0233. The van der Waals surface area contributed by atoms with Crippen LogP contribution in [0.25, 0.3) is 0 Å². The quantitative estimate of drug-likeness (QED) is 0.824. The number of thiophene rings is 1. The van der Waals surface area contributed by atoms with E-state index in [4.69, 9.17) is 9.47 Å². The normalized spacial score (nSPS) is 27.5. The number of morpholine rings is 1. The van der Waals surface area contributed by atoms with E-state index >= 15 is 0 Å². The minimum Gasteiger partial charge on any atom is -0.374 e. The number of ether oxygens (including phenoxy) is 2. The van der Waals surface area contributed by atoms with Gasteiger partial charge in [0.05, 0.1) is 30.2 Å². The predicted octanol–water partition coefficient (Wildman–Crippen LogP) is 2.01. The summed E-state index contributed by atoms with van der Waals surface area (Å²) in [6.45, 7) is 4.91. The first-order chi connectivity index (χ1) is 11.1. The number of hydrogen-bond donors (Lipinski definition) is 0. The third-order valence-electron chi connectivity index (χ3n) is 4.72. The maximum Gasteiger partial charge on any atom is 0.264 e. The van der Waals surface area contributed by atoms with Crippen LogP contribution in [0.5, 0.6) is 0 Å². The summed E-state index contributed by atoms with van der Waals surface area (Å²) >= 11 is 1.53. The van der Waals surface area contributed by atoms with Crippen molar-refractivity contribution in [1.82, 2.24) is 9.80 Å². The van der Waals surface area contributed by atoms with Crippen LogP contribution < -0.4 is 0 Å². The summed E-state index contributed by atoms with van der Waals surface area (Å²) < 4.78 is 12.0. The van der Waals surface area contributed by atoms with Crippen molar-refractivity contribution in [3.63, 3.8) is 0 Å². The molecule has 3 rings (SSSR count). The van der Waals surface area contributed by atoms with Crippen LogP contribution in [0.2, 0.25) is 0 Å². The topological polar surface area (TPSA) is 42.0 Å². The van der Waals surface area contributed by atoms with Crippen molar-refractivity contribution in [3.05, 3.63) is 21.9 Å². The van der Waals surface area contributed by atoms with E-state index in [0.29, 0.717) is 19.8 Å². The highest BCUT2D eigenvalue weighted by Crippen LogP contribution is 2.33. The molecular weight excluding hydrogens is 312 g/mol. The van der Waals surface area contributed by atoms with Crippen LogP contribution in [0.4, 0.5) is 0 Å². The monoisotopic (exact) mass is 338 g/mol. The predicted molar refractivity (Wildman–Crippen MR) is 91.1 cm³/mol. The molecule has 1 amide bonds. The van der Waals surface area contributed by atoms with E-state index in [9.17, 15) is 4.79 Å². The fourth-order valence-corrected chi connectivity index (χ4v) is 4.34. The number of amides is 1. The van der Waals surface area contributed by atoms with Gasteiger partial charge in [0, 0.05) is 13.1 Å². The van der Waals surface area contributed by atoms with Crippen molar-refractivity contribution in [2.24, 2.45) is 0 Å². The Kier molecular flexibility index (Phi) is 5.36. The van der Waals surface area contributed by atoms with E-state index < -0.39 is 0 Å². The molecule has 3 atom stereocenters. The lowest BCUT2D eigenvalue weighted by Crippen LogP contribution is -2.54. The number of rotatable bonds is 5. The van der Waals surface area contributed by atoms with Gasteiger partial charge in [-0.15, -0.1) is 11.3 Å². The number of carbonyl (C=O) groups excluding carboxylic acids is 1. The number of aryl methyl sites for hydroxylation is 1. The van der Waals surface area contributed by atoms with Gasteiger partial charge >= 0.3 is 0 Å². The summed E-state index contributed by atoms with van der Waals surface area (Å²) in [7, 11) is 4.09. The largest absolute Gasteiger partial charge is 0.374 e. The van der Waals surface area contributed by atoms with Crippen LogP contribution in [0.1, 0.15) is 28.1 Å². The van der Waals surface area contributed by atoms with Gasteiger partial charge in [-0.3, -0.25) is 4.79 Å². The molecule has 128 valence electrons. The molecule has 23 heavy (non-hydrogen) atoms. The van der Waals surface area contributed by atoms with E-state index in [0.717, 1.165) is 29.8 Å². The van der Waals surface area contributed by atoms with Crippen molar-refractivity contribution >= 4 is 17.2 Å². The van der Waals surface area contributed by atoms with Gasteiger partial charge in [0.15, 0.2) is 0 Å². The molecule has 1 saturated carbocycles. The molecule has 6 heteroatoms. The fraction of sp³-hybridized carbons (Fsp3) is 0.706. The number of nitrogens with zero attached hydrogens (tertiary/aromatic N) is 2. The van der Waals surface area contributed by atoms with Crippen molar-refractivity contribution in [3.8, 4) is 0 Å². The second-order valence-corrected chi connectivity index (χ2v) is 7.54. The Morgan fingerprint density at radius 1 is 1.48 bits per heavy atom. The van der Waals surface area contributed by atoms with Crippen LogP contribution >= 0.6 is 11.3 Å². The molecule has 0 spiro atoms. The Morgan fingerprint density at radius 2 is 2.30 bits per heavy atom. The van der Waals surface area contributed by atoms with Crippen LogP contribution in [0.3, 0.4) is 0 Å². The number of carbonyl (C=O) groups is 1. The SMILES string of the molecule is Cc1ccsc1C(=O)N1CCO[C@H]2[C@H](OCCN(C)C)CC[C@@H]21. The Balaban J connectivity index is 1.64. The number of fused-ring (bicyclic) bond motifs is 1. The second-order valence-electron chi connectivity index (χ2n) is 6.62. The molecule has 5 nitrogen and oxygen atoms in total. The molecule has 0 aromatic carbocycles. The molecule has 1 aromatic heterocycles. The van der Waals surface area contributed by atoms with E-state index in [1.165, 1.54) is 11.3 Å². The van der Waals surface area contributed by atoms with E-state index in [1.54, 1.807) is 0 Å². The van der Waals surface area contributed by atoms with Crippen molar-refractivity contribution < 1.29 is 14.3 Å². The van der Waals surface area contributed by atoms with Gasteiger partial charge in [0.25, 0.3) is 5.91 Å². The molecule has 1 aliphatic heterocycles. The zero-order chi connectivity index (χ0) is 16.4. The van der Waals surface area contributed by atoms with E-state index in [2.05, 4.69) is 4.90 Å². The highest BCUT2D eigenvalue weighted by Gasteiger charge is 2.45. The summed E-state index contributed by atoms with van der Waals surface area (Å²) in [5.74, 6) is 0.157. The van der Waals surface area contributed by atoms with Crippen LogP contribution in [-0.4, -0.2) is 74.4 Å². The van der Waals surface area contributed by atoms with Gasteiger partial charge in [0.1, 0.15) is 6.10 Å². The van der Waals surface area contributed by atoms with Crippen molar-refractivity contribution in [2.75, 3.05) is 40.4 Å². The molecule has 2 fully saturated rings. The molecule has 0 N–H and O–H groups in total. The Hall–Kier alpha value is -0.950. The first kappa shape index (κ1) is 16.9. The maximum atomic E-state index is 12.9. The van der Waals surface area contributed by atoms with Crippen molar-refractivity contribution in [1.29, 1.82) is 0 Å². The van der Waals surface area contributed by atoms with E-state index in [1.807, 2.05) is 37.4 Å². The van der Waals surface area contributed by atoms with Gasteiger partial charge in [-0.05, 0) is 50.9 Å². The standard InChI is InChI=1S/C17H26N2O3S/c1-12-6-11-23-16(12)17(20)19-8-10-22-15-13(19)4-5-14(15)21-9-7-18(2)3/h6,11,13-15H,4-5,7-10H2,1-3H3/t13-,14+,15+/m0/s1. The maximum absolute atomic E-state index is 12.9. The molecule has 0 radical (unpaired) electrons. The molecule has 0 bridgehead atoms. The van der Waals surface area contributed by atoms with Crippen LogP contribution in [-0.2, 0) is 9.47 Å². The summed E-state index contributed by atoms with van der Waals surface area (Å²) in [5.41, 5.74) is 1.07. The van der Waals surface area contributed by atoms with Gasteiger partial charge in [-0.1, -0.05) is 0 Å². The zero-order valence-corrected chi connectivity index (χ0v) is 15.0. The average Bonchev–Trinajstić information content (AvgIpc) is 3.12. The number of hydrogen-bond acceptors (Lipinski definition) is 5. The fourth-order valence-electron chi connectivity index (χ4n) is 3.46. The van der Waals surface area contributed by atoms with Crippen molar-refractivity contribution in [2.45, 2.75) is 38.0 Å². The van der Waals surface area contributed by atoms with Gasteiger partial charge in [-0.25, -0.2) is 0 Å². The highest BCUT2D eigenvalue weighted by atomic mass is 32.1. The van der Waals surface area contributed by atoms with Crippen LogP contribution in [0, 0.1) is 6.92 Å². The summed E-state index contributed by atoms with van der Waals surface area (Å²) in [6, 6.07) is 2.17. The summed E-state index contributed by atoms with van der Waals surface area (Å²) in [5, 5.41) is 1.99. The van der Waals surface area contributed by atoms with Gasteiger partial charge in [0.2, 0.25) is 0 Å². The van der Waals surface area contributed by atoms with Gasteiger partial charge in [-0.2, -0.15) is 0 Å². The smallest absolute Gasteiger partial charge is 0.264 e. The molecule has 2 aliphatic rings. The lowest BCUT2D eigenvalue weighted by atomic mass is 10.1. The molecule has 1 aliphatic carbocycles. The van der Waals surface area contributed by atoms with Gasteiger partial charge < -0.3 is 19.3 Å². The molecule has 0 unspecified atom stereocenters. The Labute approximate surface area is 142 Å². The number of likely N-dealkylation sites (N-methyl/N-ethyl adjacent to an activating group) is 1. The zero-order valence-electron chi connectivity index (χ0n) is 14.2. The summed E-state index contributed by atoms with van der Waals surface area (Å²) in [4.78, 5) is 17.9. The minimum atomic E-state index is 0.0233. The Bertz CT molecular complexity index is 546. The Morgan fingerprint density at radius 3 is 3.00 bits per heavy atom. The lowest BCUT2D eigenvalue weighted by molar-refractivity contribution is -0.105.